The molecule has 2 heterocycles. The van der Waals surface area contributed by atoms with Crippen molar-refractivity contribution < 1.29 is 19.4 Å². The maximum absolute atomic E-state index is 13.4. The number of benzene rings is 3. The first-order chi connectivity index (χ1) is 19.1. The van der Waals surface area contributed by atoms with Crippen molar-refractivity contribution in [3.8, 4) is 5.75 Å². The van der Waals surface area contributed by atoms with Crippen LogP contribution in [0.2, 0.25) is 0 Å². The highest BCUT2D eigenvalue weighted by molar-refractivity contribution is 8.00. The van der Waals surface area contributed by atoms with Crippen LogP contribution in [0.3, 0.4) is 0 Å². The summed E-state index contributed by atoms with van der Waals surface area (Å²) < 4.78 is 6.40. The van der Waals surface area contributed by atoms with Crippen molar-refractivity contribution in [2.75, 3.05) is 11.5 Å². The molecule has 0 aliphatic carbocycles. The number of aromatic nitrogens is 2. The molecule has 1 aromatic heterocycles. The number of aliphatic hydroxyl groups excluding tert-OH is 1. The van der Waals surface area contributed by atoms with E-state index >= 15 is 0 Å². The molecule has 198 valence electrons. The monoisotopic (exact) mass is 557 g/mol. The number of ether oxygens (including phenoxy) is 1. The molecule has 9 heteroatoms. The molecule has 1 saturated heterocycles. The molecule has 3 aromatic carbocycles. The zero-order chi connectivity index (χ0) is 27.2. The van der Waals surface area contributed by atoms with E-state index in [-0.39, 0.29) is 11.3 Å². The number of nitrogens with zero attached hydrogens (tertiary/aromatic N) is 3. The number of Topliss-reactive ketones (excluding diaryl/α,β-unsaturated/α-hetero) is 1. The highest BCUT2D eigenvalue weighted by Gasteiger charge is 2.48. The second-order valence-corrected chi connectivity index (χ2v) is 11.1. The van der Waals surface area contributed by atoms with Crippen molar-refractivity contribution in [1.82, 2.24) is 10.2 Å². The number of rotatable bonds is 10. The number of thioether (sulfide) groups is 1. The lowest BCUT2D eigenvalue weighted by atomic mass is 9.95. The molecule has 7 nitrogen and oxygen atoms in total. The van der Waals surface area contributed by atoms with Gasteiger partial charge in [-0.15, -0.1) is 10.2 Å². The van der Waals surface area contributed by atoms with Gasteiger partial charge in [-0.2, -0.15) is 0 Å². The summed E-state index contributed by atoms with van der Waals surface area (Å²) in [6, 6.07) is 25.2. The number of carbonyl (C=O) groups is 2. The number of hydrogen-bond acceptors (Lipinski definition) is 8. The lowest BCUT2D eigenvalue weighted by Crippen LogP contribution is -2.29. The third kappa shape index (κ3) is 5.89. The Morgan fingerprint density at radius 3 is 2.36 bits per heavy atom. The summed E-state index contributed by atoms with van der Waals surface area (Å²) in [5.41, 5.74) is 2.27. The second kappa shape index (κ2) is 12.3. The summed E-state index contributed by atoms with van der Waals surface area (Å²) in [5.74, 6) is -0.379. The van der Waals surface area contributed by atoms with E-state index in [1.165, 1.54) is 28.0 Å². The van der Waals surface area contributed by atoms with E-state index in [4.69, 9.17) is 4.74 Å². The maximum Gasteiger partial charge on any atom is 0.301 e. The molecule has 0 radical (unpaired) electrons. The first-order valence-electron chi connectivity index (χ1n) is 12.7. The van der Waals surface area contributed by atoms with Gasteiger partial charge in [0.05, 0.1) is 18.2 Å². The highest BCUT2D eigenvalue weighted by Crippen LogP contribution is 2.44. The minimum absolute atomic E-state index is 0.0135. The van der Waals surface area contributed by atoms with Crippen LogP contribution in [-0.2, 0) is 15.3 Å². The van der Waals surface area contributed by atoms with Gasteiger partial charge in [-0.05, 0) is 41.8 Å². The maximum atomic E-state index is 13.4. The first-order valence-corrected chi connectivity index (χ1v) is 14.5. The highest BCUT2D eigenvalue weighted by atomic mass is 32.2. The molecular weight excluding hydrogens is 530 g/mol. The summed E-state index contributed by atoms with van der Waals surface area (Å²) in [6.07, 6.45) is 1.97. The van der Waals surface area contributed by atoms with Crippen molar-refractivity contribution in [3.63, 3.8) is 0 Å². The molecule has 4 aromatic rings. The molecule has 39 heavy (non-hydrogen) atoms. The van der Waals surface area contributed by atoms with E-state index in [0.29, 0.717) is 38.7 Å². The standard InChI is InChI=1S/C30H27N3O4S2/c1-2-3-18-37-23-16-14-22(15-17-23)26(34)24-25(21-12-8-5-9-13-21)33(28(36)27(24)35)29-31-32-30(39-29)38-19-20-10-6-4-7-11-20/h4-17,25,34H,2-3,18-19H2,1H3. The molecule has 0 spiro atoms. The number of amides is 1. The summed E-state index contributed by atoms with van der Waals surface area (Å²) in [5, 5.41) is 20.2. The van der Waals surface area contributed by atoms with Crippen LogP contribution in [0.4, 0.5) is 5.13 Å². The van der Waals surface area contributed by atoms with Gasteiger partial charge in [0.15, 0.2) is 4.34 Å². The fourth-order valence-electron chi connectivity index (χ4n) is 4.26. The van der Waals surface area contributed by atoms with Gasteiger partial charge in [0.25, 0.3) is 5.78 Å². The molecule has 1 N–H and O–H groups in total. The predicted octanol–water partition coefficient (Wildman–Crippen LogP) is 6.64. The third-order valence-corrected chi connectivity index (χ3v) is 8.39. The predicted molar refractivity (Wildman–Crippen MR) is 154 cm³/mol. The summed E-state index contributed by atoms with van der Waals surface area (Å²) in [4.78, 5) is 28.1. The molecule has 1 aliphatic rings. The Morgan fingerprint density at radius 1 is 0.974 bits per heavy atom. The first kappa shape index (κ1) is 26.6. The molecule has 5 rings (SSSR count). The average molecular weight is 558 g/mol. The zero-order valence-corrected chi connectivity index (χ0v) is 23.0. The fourth-order valence-corrected chi connectivity index (χ4v) is 6.08. The summed E-state index contributed by atoms with van der Waals surface area (Å²) in [6.45, 7) is 2.70. The molecule has 0 saturated carbocycles. The molecule has 1 unspecified atom stereocenters. The largest absolute Gasteiger partial charge is 0.507 e. The summed E-state index contributed by atoms with van der Waals surface area (Å²) in [7, 11) is 0. The van der Waals surface area contributed by atoms with Crippen LogP contribution in [-0.4, -0.2) is 33.6 Å². The molecule has 1 amide bonds. The van der Waals surface area contributed by atoms with E-state index in [9.17, 15) is 14.7 Å². The molecule has 1 fully saturated rings. The number of unbranched alkanes of at least 4 members (excludes halogenated alkanes) is 1. The Kier molecular flexibility index (Phi) is 8.39. The van der Waals surface area contributed by atoms with Gasteiger partial charge in [0.2, 0.25) is 5.13 Å². The zero-order valence-electron chi connectivity index (χ0n) is 21.3. The van der Waals surface area contributed by atoms with Crippen LogP contribution in [0, 0.1) is 0 Å². The van der Waals surface area contributed by atoms with Gasteiger partial charge in [-0.1, -0.05) is 97.1 Å². The van der Waals surface area contributed by atoms with Crippen molar-refractivity contribution in [3.05, 3.63) is 107 Å². The Morgan fingerprint density at radius 2 is 1.67 bits per heavy atom. The quantitative estimate of drug-likeness (QED) is 0.0584. The van der Waals surface area contributed by atoms with Gasteiger partial charge in [-0.3, -0.25) is 14.5 Å². The normalized spacial score (nSPS) is 16.5. The minimum Gasteiger partial charge on any atom is -0.507 e. The van der Waals surface area contributed by atoms with Crippen LogP contribution in [0.1, 0.15) is 42.5 Å². The number of ketones is 1. The van der Waals surface area contributed by atoms with E-state index in [0.717, 1.165) is 18.4 Å². The lowest BCUT2D eigenvalue weighted by molar-refractivity contribution is -0.132. The number of carbonyl (C=O) groups excluding carboxylic acids is 2. The van der Waals surface area contributed by atoms with Crippen LogP contribution in [0.15, 0.2) is 94.8 Å². The van der Waals surface area contributed by atoms with Gasteiger partial charge in [0, 0.05) is 11.3 Å². The number of hydrogen-bond donors (Lipinski definition) is 1. The molecule has 0 bridgehead atoms. The Balaban J connectivity index is 1.47. The van der Waals surface area contributed by atoms with Crippen molar-refractivity contribution >= 4 is 45.7 Å². The summed E-state index contributed by atoms with van der Waals surface area (Å²) >= 11 is 2.76. The third-order valence-electron chi connectivity index (χ3n) is 6.26. The van der Waals surface area contributed by atoms with E-state index in [1.807, 2.05) is 60.7 Å². The van der Waals surface area contributed by atoms with Crippen LogP contribution < -0.4 is 9.64 Å². The smallest absolute Gasteiger partial charge is 0.301 e. The molecule has 1 aliphatic heterocycles. The van der Waals surface area contributed by atoms with Crippen molar-refractivity contribution in [1.29, 1.82) is 0 Å². The van der Waals surface area contributed by atoms with E-state index < -0.39 is 17.7 Å². The van der Waals surface area contributed by atoms with Gasteiger partial charge < -0.3 is 9.84 Å². The average Bonchev–Trinajstić information content (AvgIpc) is 3.55. The Bertz CT molecular complexity index is 1470. The van der Waals surface area contributed by atoms with Gasteiger partial charge in [-0.25, -0.2) is 0 Å². The topological polar surface area (TPSA) is 92.6 Å². The van der Waals surface area contributed by atoms with Crippen LogP contribution >= 0.6 is 23.1 Å². The van der Waals surface area contributed by atoms with Crippen molar-refractivity contribution in [2.45, 2.75) is 35.9 Å². The van der Waals surface area contributed by atoms with E-state index in [1.54, 1.807) is 24.3 Å². The fraction of sp³-hybridized carbons (Fsp3) is 0.200. The SMILES string of the molecule is CCCCOc1ccc(C(O)=C2C(=O)C(=O)N(c3nnc(SCc4ccccc4)s3)C2c2ccccc2)cc1. The number of anilines is 1. The Labute approximate surface area is 235 Å². The van der Waals surface area contributed by atoms with Crippen LogP contribution in [0.5, 0.6) is 5.75 Å². The van der Waals surface area contributed by atoms with Crippen molar-refractivity contribution in [2.24, 2.45) is 0 Å². The van der Waals surface area contributed by atoms with Crippen LogP contribution in [0.25, 0.3) is 5.76 Å². The minimum atomic E-state index is -0.841. The van der Waals surface area contributed by atoms with Gasteiger partial charge in [0.1, 0.15) is 11.5 Å². The molecule has 1 atom stereocenters. The Hall–Kier alpha value is -3.95. The second-order valence-electron chi connectivity index (χ2n) is 8.93. The number of aliphatic hydroxyl groups is 1. The molecular formula is C30H27N3O4S2. The lowest BCUT2D eigenvalue weighted by Gasteiger charge is -2.22. The van der Waals surface area contributed by atoms with E-state index in [2.05, 4.69) is 17.1 Å². The van der Waals surface area contributed by atoms with Gasteiger partial charge >= 0.3 is 5.91 Å².